The number of nitriles is 1. The molecule has 10 nitrogen and oxygen atoms in total. The molecule has 1 atom stereocenters. The van der Waals surface area contributed by atoms with E-state index in [9.17, 15) is 19.6 Å². The summed E-state index contributed by atoms with van der Waals surface area (Å²) in [5.74, 6) is -0.567. The van der Waals surface area contributed by atoms with Crippen LogP contribution in [0.15, 0.2) is 65.3 Å². The van der Waals surface area contributed by atoms with Gasteiger partial charge >= 0.3 is 5.97 Å². The Balaban J connectivity index is 1.56. The van der Waals surface area contributed by atoms with Gasteiger partial charge in [-0.1, -0.05) is 19.9 Å². The van der Waals surface area contributed by atoms with Crippen molar-refractivity contribution < 1.29 is 33.3 Å². The van der Waals surface area contributed by atoms with Crippen LogP contribution < -0.4 is 20.5 Å². The predicted octanol–water partition coefficient (Wildman–Crippen LogP) is 4.34. The molecule has 3 N–H and O–H groups in total. The van der Waals surface area contributed by atoms with E-state index >= 15 is 0 Å². The zero-order chi connectivity index (χ0) is 29.0. The van der Waals surface area contributed by atoms with Gasteiger partial charge in [0.25, 0.3) is 5.91 Å². The highest BCUT2D eigenvalue weighted by atomic mass is 16.5. The number of hydrogen-bond acceptors (Lipinski definition) is 9. The molecule has 0 saturated heterocycles. The number of hydrogen-bond donors (Lipinski definition) is 2. The first-order valence-electron chi connectivity index (χ1n) is 12.8. The summed E-state index contributed by atoms with van der Waals surface area (Å²) in [6, 6.07) is 13.4. The van der Waals surface area contributed by atoms with Crippen molar-refractivity contribution in [2.45, 2.75) is 39.5 Å². The first-order valence-corrected chi connectivity index (χ1v) is 12.8. The number of methoxy groups -OCH3 is 1. The average Bonchev–Trinajstić information content (AvgIpc) is 2.91. The van der Waals surface area contributed by atoms with Gasteiger partial charge in [0.2, 0.25) is 5.88 Å². The molecule has 2 aromatic rings. The van der Waals surface area contributed by atoms with E-state index < -0.39 is 17.8 Å². The van der Waals surface area contributed by atoms with E-state index in [1.807, 2.05) is 20.8 Å². The van der Waals surface area contributed by atoms with Crippen molar-refractivity contribution in [1.29, 1.82) is 5.26 Å². The summed E-state index contributed by atoms with van der Waals surface area (Å²) in [5, 5.41) is 12.6. The van der Waals surface area contributed by atoms with Crippen LogP contribution in [0.4, 0.5) is 5.69 Å². The third-order valence-electron chi connectivity index (χ3n) is 6.62. The molecule has 1 aliphatic carbocycles. The number of nitrogens with zero attached hydrogens (tertiary/aromatic N) is 1. The van der Waals surface area contributed by atoms with Crippen molar-refractivity contribution in [2.24, 2.45) is 11.1 Å². The van der Waals surface area contributed by atoms with Gasteiger partial charge in [-0.25, -0.2) is 4.79 Å². The van der Waals surface area contributed by atoms with E-state index in [2.05, 4.69) is 16.1 Å². The number of nitrogens with one attached hydrogen (secondary N) is 1. The third kappa shape index (κ3) is 5.94. The summed E-state index contributed by atoms with van der Waals surface area (Å²) >= 11 is 0. The Kier molecular flexibility index (Phi) is 8.14. The Morgan fingerprint density at radius 1 is 1.12 bits per heavy atom. The normalized spacial score (nSPS) is 17.8. The van der Waals surface area contributed by atoms with Gasteiger partial charge in [-0.05, 0) is 54.3 Å². The maximum Gasteiger partial charge on any atom is 0.337 e. The Bertz CT molecular complexity index is 1450. The minimum absolute atomic E-state index is 0.0219. The average molecular weight is 546 g/mol. The summed E-state index contributed by atoms with van der Waals surface area (Å²) in [6.07, 6.45) is 0.842. The molecule has 2 aliphatic rings. The van der Waals surface area contributed by atoms with Gasteiger partial charge in [-0.3, -0.25) is 9.59 Å². The van der Waals surface area contributed by atoms with Crippen LogP contribution >= 0.6 is 0 Å². The second kappa shape index (κ2) is 11.5. The van der Waals surface area contributed by atoms with Gasteiger partial charge in [0.1, 0.15) is 17.4 Å². The van der Waals surface area contributed by atoms with Crippen molar-refractivity contribution in [2.75, 3.05) is 25.6 Å². The highest BCUT2D eigenvalue weighted by molar-refractivity contribution is 6.00. The number of esters is 1. The summed E-state index contributed by atoms with van der Waals surface area (Å²) in [6.45, 7) is 5.78. The van der Waals surface area contributed by atoms with E-state index in [-0.39, 0.29) is 29.3 Å². The lowest BCUT2D eigenvalue weighted by molar-refractivity contribution is -0.119. The highest BCUT2D eigenvalue weighted by Gasteiger charge is 2.43. The van der Waals surface area contributed by atoms with Crippen LogP contribution in [-0.4, -0.2) is 38.0 Å². The van der Waals surface area contributed by atoms with E-state index in [1.165, 1.54) is 7.11 Å². The molecule has 10 heteroatoms. The fraction of sp³-hybridized carbons (Fsp3) is 0.333. The van der Waals surface area contributed by atoms with Crippen LogP contribution in [0.2, 0.25) is 0 Å². The molecule has 0 saturated carbocycles. The first-order chi connectivity index (χ1) is 19.1. The van der Waals surface area contributed by atoms with Gasteiger partial charge in [-0.15, -0.1) is 0 Å². The smallest absolute Gasteiger partial charge is 0.337 e. The molecule has 4 rings (SSSR count). The second-order valence-corrected chi connectivity index (χ2v) is 10.2. The van der Waals surface area contributed by atoms with Crippen LogP contribution in [-0.2, 0) is 19.1 Å². The minimum Gasteiger partial charge on any atom is -0.490 e. The molecule has 1 aliphatic heterocycles. The molecule has 0 unspecified atom stereocenters. The van der Waals surface area contributed by atoms with Crippen molar-refractivity contribution in [3.05, 3.63) is 76.4 Å². The van der Waals surface area contributed by atoms with Gasteiger partial charge in [0.05, 0.1) is 25.2 Å². The molecular weight excluding hydrogens is 514 g/mol. The molecule has 0 fully saturated rings. The lowest BCUT2D eigenvalue weighted by Crippen LogP contribution is -2.33. The van der Waals surface area contributed by atoms with Crippen LogP contribution in [0.3, 0.4) is 0 Å². The van der Waals surface area contributed by atoms with Gasteiger partial charge in [0, 0.05) is 24.1 Å². The number of benzene rings is 2. The van der Waals surface area contributed by atoms with Crippen LogP contribution in [0.25, 0.3) is 0 Å². The molecule has 208 valence electrons. The Morgan fingerprint density at radius 3 is 2.50 bits per heavy atom. The molecule has 0 aromatic heterocycles. The summed E-state index contributed by atoms with van der Waals surface area (Å²) in [7, 11) is 1.29. The van der Waals surface area contributed by atoms with Crippen molar-refractivity contribution in [1.82, 2.24) is 0 Å². The van der Waals surface area contributed by atoms with Gasteiger partial charge < -0.3 is 30.0 Å². The predicted molar refractivity (Wildman–Crippen MR) is 145 cm³/mol. The lowest BCUT2D eigenvalue weighted by Gasteiger charge is -2.37. The van der Waals surface area contributed by atoms with Gasteiger partial charge in [-0.2, -0.15) is 5.26 Å². The van der Waals surface area contributed by atoms with Crippen LogP contribution in [0.1, 0.15) is 55.5 Å². The Morgan fingerprint density at radius 2 is 1.85 bits per heavy atom. The maximum atomic E-state index is 13.2. The van der Waals surface area contributed by atoms with Crippen molar-refractivity contribution in [3.63, 3.8) is 0 Å². The maximum absolute atomic E-state index is 13.2. The monoisotopic (exact) mass is 545 g/mol. The zero-order valence-corrected chi connectivity index (χ0v) is 22.8. The molecule has 0 bridgehead atoms. The quantitative estimate of drug-likeness (QED) is 0.462. The summed E-state index contributed by atoms with van der Waals surface area (Å²) < 4.78 is 22.0. The van der Waals surface area contributed by atoms with Crippen LogP contribution in [0, 0.1) is 16.7 Å². The highest BCUT2D eigenvalue weighted by Crippen LogP contribution is 2.48. The second-order valence-electron chi connectivity index (χ2n) is 10.2. The molecule has 1 heterocycles. The lowest BCUT2D eigenvalue weighted by atomic mass is 9.70. The molecule has 1 amide bonds. The van der Waals surface area contributed by atoms with Crippen molar-refractivity contribution >= 4 is 23.3 Å². The molecular formula is C30H31N3O7. The number of amides is 1. The first kappa shape index (κ1) is 28.2. The molecule has 40 heavy (non-hydrogen) atoms. The van der Waals surface area contributed by atoms with Gasteiger partial charge in [0.15, 0.2) is 23.9 Å². The third-order valence-corrected chi connectivity index (χ3v) is 6.62. The number of allylic oxidation sites excluding steroid dienone is 3. The number of rotatable bonds is 8. The number of ketones is 1. The fourth-order valence-electron chi connectivity index (χ4n) is 4.86. The standard InChI is InChI=1S/C30H31N3O7/c1-5-38-23-12-18(26-20(15-31)28(32)40-24-14-30(2,3)13-21(34)27(24)26)8-11-22(23)39-16-25(35)33-19-9-6-17(7-10-19)29(36)37-4/h6-12,26H,5,13-14,16,32H2,1-4H3,(H,33,35)/t26-/m0/s1. The number of carbonyl (C=O) groups excluding carboxylic acids is 3. The topological polar surface area (TPSA) is 150 Å². The van der Waals surface area contributed by atoms with Crippen molar-refractivity contribution in [3.8, 4) is 17.6 Å². The number of carbonyl (C=O) groups is 3. The minimum atomic E-state index is -0.707. The largest absolute Gasteiger partial charge is 0.490 e. The van der Waals surface area contributed by atoms with E-state index in [1.54, 1.807) is 42.5 Å². The number of ether oxygens (including phenoxy) is 4. The number of anilines is 1. The molecule has 2 aromatic carbocycles. The molecule has 0 radical (unpaired) electrons. The zero-order valence-electron chi connectivity index (χ0n) is 22.8. The summed E-state index contributed by atoms with van der Waals surface area (Å²) in [5.41, 5.74) is 7.89. The number of Topliss-reactive ketones (excluding diaryl/α,β-unsaturated/α-hetero) is 1. The molecule has 0 spiro atoms. The SMILES string of the molecule is CCOc1cc([C@H]2C(C#N)=C(N)OC3=C2C(=O)CC(C)(C)C3)ccc1OCC(=O)Nc1ccc(C(=O)OC)cc1. The van der Waals surface area contributed by atoms with E-state index in [0.29, 0.717) is 59.1 Å². The number of nitrogens with two attached hydrogens (primary N) is 1. The van der Waals surface area contributed by atoms with E-state index in [4.69, 9.17) is 19.9 Å². The fourth-order valence-corrected chi connectivity index (χ4v) is 4.86. The van der Waals surface area contributed by atoms with Crippen LogP contribution in [0.5, 0.6) is 11.5 Å². The summed E-state index contributed by atoms with van der Waals surface area (Å²) in [4.78, 5) is 37.3. The Labute approximate surface area is 232 Å². The van der Waals surface area contributed by atoms with E-state index in [0.717, 1.165) is 0 Å². The Hall–Kier alpha value is -4.78.